The summed E-state index contributed by atoms with van der Waals surface area (Å²) in [5, 5.41) is 0. The molecule has 0 spiro atoms. The SMILES string of the molecule is COC[C@H]1CN(C(=O)c2cccnc2OC)Cc2cncn21. The Morgan fingerprint density at radius 2 is 2.32 bits per heavy atom. The summed E-state index contributed by atoms with van der Waals surface area (Å²) in [5.41, 5.74) is 1.46. The largest absolute Gasteiger partial charge is 0.480 e. The minimum atomic E-state index is -0.0986. The minimum Gasteiger partial charge on any atom is -0.480 e. The molecule has 1 atom stereocenters. The number of hydrogen-bond acceptors (Lipinski definition) is 5. The smallest absolute Gasteiger partial charge is 0.259 e. The van der Waals surface area contributed by atoms with E-state index in [-0.39, 0.29) is 11.9 Å². The van der Waals surface area contributed by atoms with Crippen LogP contribution in [0.3, 0.4) is 0 Å². The van der Waals surface area contributed by atoms with Gasteiger partial charge in [-0.3, -0.25) is 4.79 Å². The molecule has 3 heterocycles. The number of hydrogen-bond donors (Lipinski definition) is 0. The number of carbonyl (C=O) groups is 1. The fourth-order valence-electron chi connectivity index (χ4n) is 2.75. The molecule has 0 bridgehead atoms. The molecule has 0 aromatic carbocycles. The molecule has 7 nitrogen and oxygen atoms in total. The number of methoxy groups -OCH3 is 2. The molecular weight excluding hydrogens is 284 g/mol. The minimum absolute atomic E-state index is 0.0582. The lowest BCUT2D eigenvalue weighted by atomic mass is 10.1. The fraction of sp³-hybridized carbons (Fsp3) is 0.400. The zero-order valence-corrected chi connectivity index (χ0v) is 12.6. The van der Waals surface area contributed by atoms with Gasteiger partial charge in [0.2, 0.25) is 5.88 Å². The Labute approximate surface area is 128 Å². The lowest BCUT2D eigenvalue weighted by Gasteiger charge is -2.34. The van der Waals surface area contributed by atoms with Crippen LogP contribution in [-0.2, 0) is 11.3 Å². The molecule has 1 aliphatic heterocycles. The van der Waals surface area contributed by atoms with Crippen molar-refractivity contribution in [2.24, 2.45) is 0 Å². The number of fused-ring (bicyclic) bond motifs is 1. The number of pyridine rings is 1. The summed E-state index contributed by atoms with van der Waals surface area (Å²) in [4.78, 5) is 22.8. The van der Waals surface area contributed by atoms with E-state index in [1.807, 2.05) is 0 Å². The van der Waals surface area contributed by atoms with Crippen molar-refractivity contribution in [3.63, 3.8) is 0 Å². The first-order chi connectivity index (χ1) is 10.7. The zero-order valence-electron chi connectivity index (χ0n) is 12.6. The topological polar surface area (TPSA) is 69.5 Å². The maximum absolute atomic E-state index is 12.8. The number of aromatic nitrogens is 3. The van der Waals surface area contributed by atoms with Crippen LogP contribution >= 0.6 is 0 Å². The standard InChI is InChI=1S/C15H18N4O3/c1-21-9-12-8-18(7-11-6-16-10-19(11)12)15(20)13-4-3-5-17-14(13)22-2/h3-6,10,12H,7-9H2,1-2H3/t12-/m1/s1. The van der Waals surface area contributed by atoms with Crippen LogP contribution in [0.5, 0.6) is 5.88 Å². The Bertz CT molecular complexity index is 670. The summed E-state index contributed by atoms with van der Waals surface area (Å²) < 4.78 is 12.5. The Morgan fingerprint density at radius 1 is 1.45 bits per heavy atom. The molecule has 7 heteroatoms. The average Bonchev–Trinajstić information content (AvgIpc) is 3.03. The van der Waals surface area contributed by atoms with Crippen molar-refractivity contribution in [1.29, 1.82) is 0 Å². The molecule has 2 aromatic rings. The van der Waals surface area contributed by atoms with Crippen molar-refractivity contribution in [3.05, 3.63) is 42.1 Å². The highest BCUT2D eigenvalue weighted by molar-refractivity contribution is 5.96. The number of rotatable bonds is 4. The molecule has 0 radical (unpaired) electrons. The molecule has 1 amide bonds. The molecule has 0 saturated carbocycles. The molecule has 0 N–H and O–H groups in total. The van der Waals surface area contributed by atoms with Crippen LogP contribution in [0.25, 0.3) is 0 Å². The number of amides is 1. The highest BCUT2D eigenvalue weighted by Gasteiger charge is 2.29. The summed E-state index contributed by atoms with van der Waals surface area (Å²) >= 11 is 0. The summed E-state index contributed by atoms with van der Waals surface area (Å²) in [6.07, 6.45) is 5.17. The maximum atomic E-state index is 12.8. The van der Waals surface area contributed by atoms with Crippen molar-refractivity contribution in [2.45, 2.75) is 12.6 Å². The highest BCUT2D eigenvalue weighted by atomic mass is 16.5. The molecule has 0 saturated heterocycles. The van der Waals surface area contributed by atoms with E-state index in [1.165, 1.54) is 7.11 Å². The Hall–Kier alpha value is -2.41. The second-order valence-electron chi connectivity index (χ2n) is 5.15. The normalized spacial score (nSPS) is 17.2. The van der Waals surface area contributed by atoms with Crippen molar-refractivity contribution in [1.82, 2.24) is 19.4 Å². The van der Waals surface area contributed by atoms with Gasteiger partial charge in [-0.2, -0.15) is 0 Å². The summed E-state index contributed by atoms with van der Waals surface area (Å²) in [6.45, 7) is 1.60. The molecule has 0 aliphatic carbocycles. The van der Waals surface area contributed by atoms with Gasteiger partial charge in [-0.1, -0.05) is 0 Å². The third kappa shape index (κ3) is 2.55. The monoisotopic (exact) mass is 302 g/mol. The van der Waals surface area contributed by atoms with E-state index in [0.717, 1.165) is 5.69 Å². The molecule has 3 rings (SSSR count). The van der Waals surface area contributed by atoms with Gasteiger partial charge in [0.1, 0.15) is 5.56 Å². The van der Waals surface area contributed by atoms with Crippen molar-refractivity contribution >= 4 is 5.91 Å². The highest BCUT2D eigenvalue weighted by Crippen LogP contribution is 2.24. The predicted molar refractivity (Wildman–Crippen MR) is 78.7 cm³/mol. The second kappa shape index (κ2) is 6.15. The molecule has 1 aliphatic rings. The number of ether oxygens (including phenoxy) is 2. The fourth-order valence-corrected chi connectivity index (χ4v) is 2.75. The van der Waals surface area contributed by atoms with Gasteiger partial charge < -0.3 is 18.9 Å². The molecular formula is C15H18N4O3. The molecule has 22 heavy (non-hydrogen) atoms. The van der Waals surface area contributed by atoms with E-state index < -0.39 is 0 Å². The first-order valence-corrected chi connectivity index (χ1v) is 7.02. The van der Waals surface area contributed by atoms with Gasteiger partial charge in [0.15, 0.2) is 0 Å². The van der Waals surface area contributed by atoms with E-state index in [4.69, 9.17) is 9.47 Å². The third-order valence-electron chi connectivity index (χ3n) is 3.76. The van der Waals surface area contributed by atoms with E-state index in [2.05, 4.69) is 14.5 Å². The Kier molecular flexibility index (Phi) is 4.06. The van der Waals surface area contributed by atoms with Crippen LogP contribution in [0.4, 0.5) is 0 Å². The summed E-state index contributed by atoms with van der Waals surface area (Å²) in [6, 6.07) is 3.52. The van der Waals surface area contributed by atoms with Gasteiger partial charge in [0, 0.05) is 26.0 Å². The van der Waals surface area contributed by atoms with Gasteiger partial charge >= 0.3 is 0 Å². The number of nitrogens with zero attached hydrogens (tertiary/aromatic N) is 4. The van der Waals surface area contributed by atoms with Gasteiger partial charge in [-0.15, -0.1) is 0 Å². The van der Waals surface area contributed by atoms with E-state index >= 15 is 0 Å². The quantitative estimate of drug-likeness (QED) is 0.847. The second-order valence-corrected chi connectivity index (χ2v) is 5.15. The average molecular weight is 302 g/mol. The summed E-state index contributed by atoms with van der Waals surface area (Å²) in [5.74, 6) is 0.244. The molecule has 116 valence electrons. The van der Waals surface area contributed by atoms with E-state index in [1.54, 1.807) is 42.9 Å². The lowest BCUT2D eigenvalue weighted by molar-refractivity contribution is 0.0596. The van der Waals surface area contributed by atoms with Crippen LogP contribution < -0.4 is 4.74 Å². The van der Waals surface area contributed by atoms with E-state index in [9.17, 15) is 4.79 Å². The number of imidazole rings is 1. The van der Waals surface area contributed by atoms with Gasteiger partial charge in [0.05, 0.1) is 38.3 Å². The van der Waals surface area contributed by atoms with Crippen molar-refractivity contribution in [2.75, 3.05) is 27.4 Å². The Morgan fingerprint density at radius 3 is 3.09 bits per heavy atom. The van der Waals surface area contributed by atoms with Crippen LogP contribution in [0, 0.1) is 0 Å². The zero-order chi connectivity index (χ0) is 15.5. The summed E-state index contributed by atoms with van der Waals surface area (Å²) in [7, 11) is 3.17. The van der Waals surface area contributed by atoms with Crippen LogP contribution in [-0.4, -0.2) is 52.7 Å². The lowest BCUT2D eigenvalue weighted by Crippen LogP contribution is -2.42. The van der Waals surface area contributed by atoms with E-state index in [0.29, 0.717) is 31.1 Å². The van der Waals surface area contributed by atoms with Crippen LogP contribution in [0.15, 0.2) is 30.9 Å². The molecule has 0 fully saturated rings. The van der Waals surface area contributed by atoms with Gasteiger partial charge in [0.25, 0.3) is 5.91 Å². The maximum Gasteiger partial charge on any atom is 0.259 e. The van der Waals surface area contributed by atoms with Gasteiger partial charge in [-0.25, -0.2) is 9.97 Å². The Balaban J connectivity index is 1.88. The van der Waals surface area contributed by atoms with Crippen LogP contribution in [0.1, 0.15) is 22.1 Å². The molecule has 2 aromatic heterocycles. The van der Waals surface area contributed by atoms with Crippen molar-refractivity contribution in [3.8, 4) is 5.88 Å². The first-order valence-electron chi connectivity index (χ1n) is 7.02. The predicted octanol–water partition coefficient (Wildman–Crippen LogP) is 1.13. The molecule has 0 unspecified atom stereocenters. The van der Waals surface area contributed by atoms with Crippen LogP contribution in [0.2, 0.25) is 0 Å². The third-order valence-corrected chi connectivity index (χ3v) is 3.76. The number of carbonyl (C=O) groups excluding carboxylic acids is 1. The van der Waals surface area contributed by atoms with Crippen molar-refractivity contribution < 1.29 is 14.3 Å². The van der Waals surface area contributed by atoms with Gasteiger partial charge in [-0.05, 0) is 12.1 Å². The first kappa shape index (κ1) is 14.5.